The molecule has 2 nitrogen and oxygen atoms in total. The van der Waals surface area contributed by atoms with Gasteiger partial charge in [0.15, 0.2) is 0 Å². The maximum Gasteiger partial charge on any atom is 0.330 e. The van der Waals surface area contributed by atoms with Crippen molar-refractivity contribution >= 4 is 27.5 Å². The zero-order valence-electron chi connectivity index (χ0n) is 11.7. The summed E-state index contributed by atoms with van der Waals surface area (Å²) in [4.78, 5) is 10.8. The molecule has 0 spiro atoms. The predicted octanol–water partition coefficient (Wildman–Crippen LogP) is 4.57. The molecule has 0 saturated heterocycles. The van der Waals surface area contributed by atoms with Crippen molar-refractivity contribution in [3.63, 3.8) is 0 Å². The number of carbonyl (C=O) groups is 1. The Labute approximate surface area is 123 Å². The van der Waals surface area contributed by atoms with Gasteiger partial charge < -0.3 is 5.11 Å². The third-order valence-electron chi connectivity index (χ3n) is 3.79. The first-order valence-corrected chi connectivity index (χ1v) is 6.96. The maximum atomic E-state index is 10.8. The first-order valence-electron chi connectivity index (χ1n) is 6.96. The third kappa shape index (κ3) is 2.79. The zero-order valence-corrected chi connectivity index (χ0v) is 11.7. The van der Waals surface area contributed by atoms with Crippen LogP contribution >= 0.6 is 0 Å². The van der Waals surface area contributed by atoms with Gasteiger partial charge in [-0.05, 0) is 52.1 Å². The monoisotopic (exact) mass is 276 g/mol. The molecule has 104 valence electrons. The molecule has 1 N–H and O–H groups in total. The average Bonchev–Trinajstić information content (AvgIpc) is 2.50. The minimum atomic E-state index is -0.915. The lowest BCUT2D eigenvalue weighted by Crippen LogP contribution is -2.00. The highest BCUT2D eigenvalue weighted by molar-refractivity contribution is 5.98. The van der Waals surface area contributed by atoms with Gasteiger partial charge in [-0.3, -0.25) is 0 Å². The van der Waals surface area contributed by atoms with Crippen molar-refractivity contribution in [2.45, 2.75) is 12.8 Å². The van der Waals surface area contributed by atoms with Crippen LogP contribution in [0.3, 0.4) is 0 Å². The summed E-state index contributed by atoms with van der Waals surface area (Å²) in [6.07, 6.45) is 1.18. The molecule has 0 heterocycles. The molecule has 0 aliphatic carbocycles. The summed E-state index contributed by atoms with van der Waals surface area (Å²) < 4.78 is 0. The van der Waals surface area contributed by atoms with E-state index in [9.17, 15) is 4.79 Å². The SMILES string of the molecule is C=C(CCc1ccc2cc3ccccc3cc2c1)C(=O)O. The van der Waals surface area contributed by atoms with Crippen molar-refractivity contribution in [2.24, 2.45) is 0 Å². The van der Waals surface area contributed by atoms with Gasteiger partial charge in [-0.1, -0.05) is 49.0 Å². The first kappa shape index (κ1) is 13.4. The Kier molecular flexibility index (Phi) is 3.44. The third-order valence-corrected chi connectivity index (χ3v) is 3.79. The Balaban J connectivity index is 1.94. The molecule has 0 radical (unpaired) electrons. The standard InChI is InChI=1S/C19H16O2/c1-13(19(20)21)6-7-14-8-9-17-11-15-4-2-3-5-16(15)12-18(17)10-14/h2-5,8-12H,1,6-7H2,(H,20,21). The molecule has 0 aliphatic heterocycles. The van der Waals surface area contributed by atoms with Crippen molar-refractivity contribution in [3.05, 3.63) is 72.3 Å². The van der Waals surface area contributed by atoms with E-state index >= 15 is 0 Å². The number of benzene rings is 3. The zero-order chi connectivity index (χ0) is 14.8. The Morgan fingerprint density at radius 3 is 2.19 bits per heavy atom. The number of aliphatic carboxylic acids is 1. The quantitative estimate of drug-likeness (QED) is 0.560. The van der Waals surface area contributed by atoms with Crippen LogP contribution in [-0.2, 0) is 11.2 Å². The summed E-state index contributed by atoms with van der Waals surface area (Å²) in [6, 6.07) is 19.0. The van der Waals surface area contributed by atoms with Crippen LogP contribution in [0.5, 0.6) is 0 Å². The topological polar surface area (TPSA) is 37.3 Å². The molecule has 0 saturated carbocycles. The summed E-state index contributed by atoms with van der Waals surface area (Å²) in [7, 11) is 0. The number of hydrogen-bond donors (Lipinski definition) is 1. The van der Waals surface area contributed by atoms with Gasteiger partial charge in [0, 0.05) is 5.57 Å². The average molecular weight is 276 g/mol. The minimum absolute atomic E-state index is 0.258. The number of carboxylic acid groups (broad SMARTS) is 1. The van der Waals surface area contributed by atoms with Crippen LogP contribution in [0.15, 0.2) is 66.7 Å². The normalized spacial score (nSPS) is 10.9. The molecule has 0 amide bonds. The number of aryl methyl sites for hydroxylation is 1. The Hall–Kier alpha value is -2.61. The van der Waals surface area contributed by atoms with Gasteiger partial charge in [0.2, 0.25) is 0 Å². The molecular formula is C19H16O2. The van der Waals surface area contributed by atoms with Gasteiger partial charge in [0.25, 0.3) is 0 Å². The van der Waals surface area contributed by atoms with Crippen LogP contribution in [0.2, 0.25) is 0 Å². The van der Waals surface area contributed by atoms with Crippen molar-refractivity contribution in [3.8, 4) is 0 Å². The second kappa shape index (κ2) is 5.41. The predicted molar refractivity (Wildman–Crippen MR) is 86.6 cm³/mol. The van der Waals surface area contributed by atoms with Crippen molar-refractivity contribution in [1.82, 2.24) is 0 Å². The lowest BCUT2D eigenvalue weighted by atomic mass is 9.99. The fourth-order valence-electron chi connectivity index (χ4n) is 2.55. The second-order valence-corrected chi connectivity index (χ2v) is 5.29. The van der Waals surface area contributed by atoms with Crippen LogP contribution in [-0.4, -0.2) is 11.1 Å². The van der Waals surface area contributed by atoms with Gasteiger partial charge in [-0.25, -0.2) is 4.79 Å². The van der Waals surface area contributed by atoms with E-state index in [1.54, 1.807) is 0 Å². The van der Waals surface area contributed by atoms with Gasteiger partial charge in [-0.2, -0.15) is 0 Å². The van der Waals surface area contributed by atoms with Crippen molar-refractivity contribution in [1.29, 1.82) is 0 Å². The molecule has 0 atom stereocenters. The number of rotatable bonds is 4. The minimum Gasteiger partial charge on any atom is -0.478 e. The van der Waals surface area contributed by atoms with Gasteiger partial charge in [-0.15, -0.1) is 0 Å². The van der Waals surface area contributed by atoms with Crippen LogP contribution in [0, 0.1) is 0 Å². The fraction of sp³-hybridized carbons (Fsp3) is 0.105. The molecular weight excluding hydrogens is 260 g/mol. The summed E-state index contributed by atoms with van der Waals surface area (Å²) in [6.45, 7) is 3.57. The van der Waals surface area contributed by atoms with E-state index in [1.165, 1.54) is 21.5 Å². The highest BCUT2D eigenvalue weighted by atomic mass is 16.4. The Morgan fingerprint density at radius 1 is 0.905 bits per heavy atom. The molecule has 0 aromatic heterocycles. The van der Waals surface area contributed by atoms with E-state index in [-0.39, 0.29) is 5.57 Å². The molecule has 0 unspecified atom stereocenters. The Bertz CT molecular complexity index is 846. The number of hydrogen-bond acceptors (Lipinski definition) is 1. The van der Waals surface area contributed by atoms with Crippen molar-refractivity contribution < 1.29 is 9.90 Å². The molecule has 3 rings (SSSR count). The lowest BCUT2D eigenvalue weighted by molar-refractivity contribution is -0.132. The summed E-state index contributed by atoms with van der Waals surface area (Å²) in [5.74, 6) is -0.915. The van der Waals surface area contributed by atoms with E-state index in [0.717, 1.165) is 5.56 Å². The lowest BCUT2D eigenvalue weighted by Gasteiger charge is -2.06. The van der Waals surface area contributed by atoms with E-state index in [1.807, 2.05) is 12.1 Å². The summed E-state index contributed by atoms with van der Waals surface area (Å²) in [5, 5.41) is 13.7. The highest BCUT2D eigenvalue weighted by Gasteiger charge is 2.05. The smallest absolute Gasteiger partial charge is 0.330 e. The molecule has 2 heteroatoms. The van der Waals surface area contributed by atoms with Crippen LogP contribution < -0.4 is 0 Å². The van der Waals surface area contributed by atoms with Gasteiger partial charge in [0.1, 0.15) is 0 Å². The summed E-state index contributed by atoms with van der Waals surface area (Å²) in [5.41, 5.74) is 1.40. The van der Waals surface area contributed by atoms with Crippen LogP contribution in [0.4, 0.5) is 0 Å². The van der Waals surface area contributed by atoms with E-state index in [2.05, 4.69) is 49.0 Å². The molecule has 0 fully saturated rings. The highest BCUT2D eigenvalue weighted by Crippen LogP contribution is 2.24. The molecule has 3 aromatic rings. The Morgan fingerprint density at radius 2 is 1.52 bits per heavy atom. The van der Waals surface area contributed by atoms with Crippen molar-refractivity contribution in [2.75, 3.05) is 0 Å². The first-order chi connectivity index (χ1) is 10.1. The van der Waals surface area contributed by atoms with Crippen LogP contribution in [0.25, 0.3) is 21.5 Å². The number of carboxylic acids is 1. The van der Waals surface area contributed by atoms with E-state index < -0.39 is 5.97 Å². The van der Waals surface area contributed by atoms with Gasteiger partial charge in [0.05, 0.1) is 0 Å². The largest absolute Gasteiger partial charge is 0.478 e. The molecule has 21 heavy (non-hydrogen) atoms. The second-order valence-electron chi connectivity index (χ2n) is 5.29. The fourth-order valence-corrected chi connectivity index (χ4v) is 2.55. The van der Waals surface area contributed by atoms with Crippen LogP contribution in [0.1, 0.15) is 12.0 Å². The number of fused-ring (bicyclic) bond motifs is 2. The molecule has 3 aromatic carbocycles. The molecule has 0 bridgehead atoms. The molecule has 0 aliphatic rings. The van der Waals surface area contributed by atoms with Gasteiger partial charge >= 0.3 is 5.97 Å². The van der Waals surface area contributed by atoms with E-state index in [0.29, 0.717) is 12.8 Å². The van der Waals surface area contributed by atoms with E-state index in [4.69, 9.17) is 5.11 Å². The summed E-state index contributed by atoms with van der Waals surface area (Å²) >= 11 is 0. The maximum absolute atomic E-state index is 10.8.